The van der Waals surface area contributed by atoms with Crippen LogP contribution < -0.4 is 25.0 Å². The van der Waals surface area contributed by atoms with Gasteiger partial charge in [0.25, 0.3) is 11.8 Å². The Labute approximate surface area is 231 Å². The standard InChI is InChI=1S/C28H27ClN4O4S/c1-18-4-2-3-5-21(18)27(35)33-12-10-32(11-13-33)23-8-7-20(17-22(23)29)30-28(38)31-26(34)19-6-9-24-25(16-19)37-15-14-36-24/h2-9,16-17H,10-15H2,1H3,(H2,30,31,34,38). The summed E-state index contributed by atoms with van der Waals surface area (Å²) < 4.78 is 11.0. The number of nitrogens with zero attached hydrogens (tertiary/aromatic N) is 2. The number of carbonyl (C=O) groups excluding carboxylic acids is 2. The third-order valence-corrected chi connectivity index (χ3v) is 7.03. The topological polar surface area (TPSA) is 83.1 Å². The van der Waals surface area contributed by atoms with Crippen LogP contribution >= 0.6 is 23.8 Å². The molecule has 38 heavy (non-hydrogen) atoms. The lowest BCUT2D eigenvalue weighted by molar-refractivity contribution is 0.0746. The molecule has 8 nitrogen and oxygen atoms in total. The maximum atomic E-state index is 12.9. The number of ether oxygens (including phenoxy) is 2. The fourth-order valence-electron chi connectivity index (χ4n) is 4.50. The average molecular weight is 551 g/mol. The molecule has 3 aromatic carbocycles. The van der Waals surface area contributed by atoms with Crippen molar-refractivity contribution in [1.82, 2.24) is 10.2 Å². The van der Waals surface area contributed by atoms with Crippen molar-refractivity contribution < 1.29 is 19.1 Å². The van der Waals surface area contributed by atoms with E-state index in [1.165, 1.54) is 0 Å². The van der Waals surface area contributed by atoms with Crippen molar-refractivity contribution in [3.8, 4) is 11.5 Å². The van der Waals surface area contributed by atoms with Crippen LogP contribution in [0.25, 0.3) is 0 Å². The van der Waals surface area contributed by atoms with Crippen molar-refractivity contribution in [2.75, 3.05) is 49.6 Å². The molecule has 2 aliphatic heterocycles. The average Bonchev–Trinajstić information content (AvgIpc) is 2.93. The second-order valence-corrected chi connectivity index (χ2v) is 9.84. The van der Waals surface area contributed by atoms with E-state index in [0.29, 0.717) is 67.2 Å². The molecule has 196 valence electrons. The highest BCUT2D eigenvalue weighted by Crippen LogP contribution is 2.31. The SMILES string of the molecule is Cc1ccccc1C(=O)N1CCN(c2ccc(NC(=S)NC(=O)c3ccc4c(c3)OCCO4)cc2Cl)CC1. The van der Waals surface area contributed by atoms with Crippen LogP contribution in [0.15, 0.2) is 60.7 Å². The van der Waals surface area contributed by atoms with Gasteiger partial charge in [-0.25, -0.2) is 0 Å². The summed E-state index contributed by atoms with van der Waals surface area (Å²) in [6.45, 7) is 5.45. The highest BCUT2D eigenvalue weighted by molar-refractivity contribution is 7.80. The van der Waals surface area contributed by atoms with Crippen LogP contribution in [0.2, 0.25) is 5.02 Å². The zero-order valence-corrected chi connectivity index (χ0v) is 22.4. The Kier molecular flexibility index (Phi) is 7.67. The molecular weight excluding hydrogens is 524 g/mol. The van der Waals surface area contributed by atoms with Gasteiger partial charge in [-0.3, -0.25) is 14.9 Å². The van der Waals surface area contributed by atoms with Crippen LogP contribution in [0, 0.1) is 6.92 Å². The number of anilines is 2. The predicted molar refractivity (Wildman–Crippen MR) is 152 cm³/mol. The summed E-state index contributed by atoms with van der Waals surface area (Å²) in [5.74, 6) is 0.841. The van der Waals surface area contributed by atoms with E-state index in [1.807, 2.05) is 48.2 Å². The Hall–Kier alpha value is -3.82. The predicted octanol–water partition coefficient (Wildman–Crippen LogP) is 4.51. The van der Waals surface area contributed by atoms with Gasteiger partial charge >= 0.3 is 0 Å². The van der Waals surface area contributed by atoms with Crippen LogP contribution in [-0.2, 0) is 0 Å². The quantitative estimate of drug-likeness (QED) is 0.463. The molecule has 10 heteroatoms. The minimum atomic E-state index is -0.361. The molecule has 1 fully saturated rings. The van der Waals surface area contributed by atoms with Gasteiger partial charge < -0.3 is 24.6 Å². The number of carbonyl (C=O) groups is 2. The fourth-order valence-corrected chi connectivity index (χ4v) is 5.01. The number of thiocarbonyl (C=S) groups is 1. The smallest absolute Gasteiger partial charge is 0.257 e. The molecule has 1 saturated heterocycles. The van der Waals surface area contributed by atoms with Crippen LogP contribution in [0.4, 0.5) is 11.4 Å². The molecule has 0 bridgehead atoms. The monoisotopic (exact) mass is 550 g/mol. The van der Waals surface area contributed by atoms with E-state index in [1.54, 1.807) is 24.3 Å². The second-order valence-electron chi connectivity index (χ2n) is 9.03. The summed E-state index contributed by atoms with van der Waals surface area (Å²) in [6, 6.07) is 18.2. The summed E-state index contributed by atoms with van der Waals surface area (Å²) in [7, 11) is 0. The van der Waals surface area contributed by atoms with Gasteiger partial charge in [-0.05, 0) is 67.2 Å². The van der Waals surface area contributed by atoms with E-state index in [0.717, 1.165) is 16.8 Å². The molecule has 0 aliphatic carbocycles. The van der Waals surface area contributed by atoms with Crippen LogP contribution in [0.3, 0.4) is 0 Å². The maximum absolute atomic E-state index is 12.9. The summed E-state index contributed by atoms with van der Waals surface area (Å²) in [4.78, 5) is 29.6. The maximum Gasteiger partial charge on any atom is 0.257 e. The van der Waals surface area contributed by atoms with Crippen LogP contribution in [0.1, 0.15) is 26.3 Å². The number of rotatable bonds is 4. The first-order valence-electron chi connectivity index (χ1n) is 12.3. The third kappa shape index (κ3) is 5.69. The molecule has 2 aliphatic rings. The van der Waals surface area contributed by atoms with Gasteiger partial charge in [0.1, 0.15) is 13.2 Å². The largest absolute Gasteiger partial charge is 0.486 e. The summed E-state index contributed by atoms with van der Waals surface area (Å²) >= 11 is 11.9. The molecule has 0 spiro atoms. The van der Waals surface area contributed by atoms with Crippen molar-refractivity contribution in [2.24, 2.45) is 0 Å². The minimum absolute atomic E-state index is 0.0557. The molecule has 0 aromatic heterocycles. The Morgan fingerprint density at radius 1 is 0.921 bits per heavy atom. The highest BCUT2D eigenvalue weighted by atomic mass is 35.5. The molecule has 0 radical (unpaired) electrons. The van der Waals surface area contributed by atoms with E-state index in [4.69, 9.17) is 33.3 Å². The molecule has 2 heterocycles. The molecule has 5 rings (SSSR count). The van der Waals surface area contributed by atoms with Crippen LogP contribution in [0.5, 0.6) is 11.5 Å². The number of fused-ring (bicyclic) bond motifs is 1. The number of piperazine rings is 1. The molecule has 3 aromatic rings. The number of hydrogen-bond donors (Lipinski definition) is 2. The summed E-state index contributed by atoms with van der Waals surface area (Å²) in [5, 5.41) is 6.39. The van der Waals surface area contributed by atoms with Gasteiger partial charge in [0.05, 0.1) is 10.7 Å². The van der Waals surface area contributed by atoms with Crippen molar-refractivity contribution in [3.05, 3.63) is 82.4 Å². The second kappa shape index (κ2) is 11.3. The first-order valence-corrected chi connectivity index (χ1v) is 13.1. The lowest BCUT2D eigenvalue weighted by Crippen LogP contribution is -2.49. The Morgan fingerprint density at radius 2 is 1.66 bits per heavy atom. The molecule has 0 saturated carbocycles. The number of hydrogen-bond acceptors (Lipinski definition) is 6. The zero-order valence-electron chi connectivity index (χ0n) is 20.8. The van der Waals surface area contributed by atoms with Crippen molar-refractivity contribution in [2.45, 2.75) is 6.92 Å². The van der Waals surface area contributed by atoms with E-state index < -0.39 is 0 Å². The fraction of sp³-hybridized carbons (Fsp3) is 0.250. The third-order valence-electron chi connectivity index (χ3n) is 6.52. The summed E-state index contributed by atoms with van der Waals surface area (Å²) in [5.41, 5.74) is 3.66. The Balaban J connectivity index is 1.16. The number of halogens is 1. The summed E-state index contributed by atoms with van der Waals surface area (Å²) in [6.07, 6.45) is 0. The van der Waals surface area contributed by atoms with E-state index >= 15 is 0 Å². The normalized spacial score (nSPS) is 14.6. The number of nitrogens with one attached hydrogen (secondary N) is 2. The molecule has 0 atom stereocenters. The lowest BCUT2D eigenvalue weighted by atomic mass is 10.1. The Morgan fingerprint density at radius 3 is 2.39 bits per heavy atom. The number of benzene rings is 3. The highest BCUT2D eigenvalue weighted by Gasteiger charge is 2.24. The minimum Gasteiger partial charge on any atom is -0.486 e. The zero-order chi connectivity index (χ0) is 26.6. The first kappa shape index (κ1) is 25.8. The van der Waals surface area contributed by atoms with Crippen molar-refractivity contribution in [3.63, 3.8) is 0 Å². The van der Waals surface area contributed by atoms with Gasteiger partial charge in [0.2, 0.25) is 0 Å². The van der Waals surface area contributed by atoms with Crippen molar-refractivity contribution >= 4 is 52.1 Å². The van der Waals surface area contributed by atoms with E-state index in [2.05, 4.69) is 15.5 Å². The first-order chi connectivity index (χ1) is 18.4. The number of aryl methyl sites for hydroxylation is 1. The van der Waals surface area contributed by atoms with Crippen LogP contribution in [-0.4, -0.2) is 61.2 Å². The molecular formula is C28H27ClN4O4S. The van der Waals surface area contributed by atoms with E-state index in [-0.39, 0.29) is 16.9 Å². The molecule has 0 unspecified atom stereocenters. The molecule has 2 N–H and O–H groups in total. The lowest BCUT2D eigenvalue weighted by Gasteiger charge is -2.36. The number of amides is 2. The van der Waals surface area contributed by atoms with E-state index in [9.17, 15) is 9.59 Å². The van der Waals surface area contributed by atoms with Gasteiger partial charge in [-0.1, -0.05) is 29.8 Å². The van der Waals surface area contributed by atoms with Gasteiger partial charge in [0.15, 0.2) is 16.6 Å². The van der Waals surface area contributed by atoms with Gasteiger partial charge in [-0.15, -0.1) is 0 Å². The van der Waals surface area contributed by atoms with Gasteiger partial charge in [0, 0.05) is 43.0 Å². The molecule has 2 amide bonds. The van der Waals surface area contributed by atoms with Gasteiger partial charge in [-0.2, -0.15) is 0 Å². The van der Waals surface area contributed by atoms with Crippen molar-refractivity contribution in [1.29, 1.82) is 0 Å². The Bertz CT molecular complexity index is 1390.